The van der Waals surface area contributed by atoms with E-state index in [1.54, 1.807) is 0 Å². The molecule has 1 rings (SSSR count). The van der Waals surface area contributed by atoms with E-state index in [9.17, 15) is 14.0 Å². The summed E-state index contributed by atoms with van der Waals surface area (Å²) < 4.78 is 26.3. The summed E-state index contributed by atoms with van der Waals surface area (Å²) in [5, 5.41) is 9.31. The van der Waals surface area contributed by atoms with E-state index in [-0.39, 0.29) is 5.92 Å². The van der Waals surface area contributed by atoms with Gasteiger partial charge in [-0.25, -0.2) is 8.78 Å². The lowest BCUT2D eigenvalue weighted by Gasteiger charge is -2.31. The zero-order chi connectivity index (χ0) is 13.1. The second kappa shape index (κ2) is 5.27. The molecule has 0 aromatic heterocycles. The Morgan fingerprint density at radius 1 is 1.18 bits per heavy atom. The van der Waals surface area contributed by atoms with Crippen LogP contribution in [0.5, 0.6) is 0 Å². The molecule has 3 heteroatoms. The van der Waals surface area contributed by atoms with Gasteiger partial charge < -0.3 is 0 Å². The molecular formula is C14H17F2N. The molecule has 1 aromatic carbocycles. The molecule has 0 bridgehead atoms. The Morgan fingerprint density at radius 2 is 1.65 bits per heavy atom. The second-order valence-electron chi connectivity index (χ2n) is 4.40. The van der Waals surface area contributed by atoms with Crippen molar-refractivity contribution in [2.45, 2.75) is 39.5 Å². The summed E-state index contributed by atoms with van der Waals surface area (Å²) in [6, 6.07) is 5.78. The number of nitriles is 1. The lowest BCUT2D eigenvalue weighted by molar-refractivity contribution is 0.303. The van der Waals surface area contributed by atoms with Crippen LogP contribution in [0.4, 0.5) is 8.78 Å². The molecule has 0 aliphatic heterocycles. The first-order valence-electron chi connectivity index (χ1n) is 5.86. The highest BCUT2D eigenvalue weighted by molar-refractivity contribution is 5.26. The topological polar surface area (TPSA) is 23.8 Å². The summed E-state index contributed by atoms with van der Waals surface area (Å²) in [6.07, 6.45) is 1.33. The van der Waals surface area contributed by atoms with Gasteiger partial charge in [0.2, 0.25) is 0 Å². The van der Waals surface area contributed by atoms with Crippen molar-refractivity contribution in [1.82, 2.24) is 0 Å². The van der Waals surface area contributed by atoms with E-state index in [0.717, 1.165) is 6.07 Å². The van der Waals surface area contributed by atoms with Gasteiger partial charge in [0.15, 0.2) is 0 Å². The van der Waals surface area contributed by atoms with Crippen molar-refractivity contribution >= 4 is 0 Å². The molecule has 17 heavy (non-hydrogen) atoms. The van der Waals surface area contributed by atoms with Crippen molar-refractivity contribution in [3.63, 3.8) is 0 Å². The van der Waals surface area contributed by atoms with Crippen LogP contribution in [-0.2, 0) is 0 Å². The Kier molecular flexibility index (Phi) is 4.22. The number of nitrogens with zero attached hydrogens (tertiary/aromatic N) is 1. The molecule has 1 atom stereocenters. The molecule has 1 nitrogen and oxygen atoms in total. The molecule has 0 spiro atoms. The van der Waals surface area contributed by atoms with Crippen molar-refractivity contribution in [2.75, 3.05) is 0 Å². The minimum atomic E-state index is -0.592. The molecule has 0 saturated heterocycles. The first-order chi connectivity index (χ1) is 7.99. The van der Waals surface area contributed by atoms with E-state index in [0.29, 0.717) is 18.4 Å². The molecule has 0 N–H and O–H groups in total. The second-order valence-corrected chi connectivity index (χ2v) is 4.40. The fourth-order valence-electron chi connectivity index (χ4n) is 2.26. The Bertz CT molecular complexity index is 410. The normalized spacial score (nSPS) is 13.2. The monoisotopic (exact) mass is 237 g/mol. The third kappa shape index (κ3) is 2.63. The molecule has 1 aromatic rings. The summed E-state index contributed by atoms with van der Waals surface area (Å²) in [5.74, 6) is -1.37. The summed E-state index contributed by atoms with van der Waals surface area (Å²) in [4.78, 5) is 0. The lowest BCUT2D eigenvalue weighted by Crippen LogP contribution is -2.24. The first-order valence-corrected chi connectivity index (χ1v) is 5.86. The van der Waals surface area contributed by atoms with Gasteiger partial charge in [-0.15, -0.1) is 0 Å². The summed E-state index contributed by atoms with van der Waals surface area (Å²) in [5.41, 5.74) is -0.00648. The van der Waals surface area contributed by atoms with Crippen LogP contribution >= 0.6 is 0 Å². The fraction of sp³-hybridized carbons (Fsp3) is 0.500. The Labute approximate surface area is 101 Å². The number of hydrogen-bond acceptors (Lipinski definition) is 1. The van der Waals surface area contributed by atoms with Crippen molar-refractivity contribution < 1.29 is 8.78 Å². The number of benzene rings is 1. The average Bonchev–Trinajstić information content (AvgIpc) is 2.30. The molecule has 0 heterocycles. The zero-order valence-electron chi connectivity index (χ0n) is 10.4. The molecule has 0 saturated carbocycles. The van der Waals surface area contributed by atoms with Gasteiger partial charge in [0.1, 0.15) is 11.6 Å². The van der Waals surface area contributed by atoms with Crippen molar-refractivity contribution in [1.29, 1.82) is 5.26 Å². The van der Waals surface area contributed by atoms with Gasteiger partial charge in [0.25, 0.3) is 0 Å². The average molecular weight is 237 g/mol. The number of hydrogen-bond donors (Lipinski definition) is 0. The van der Waals surface area contributed by atoms with Gasteiger partial charge in [0.05, 0.1) is 11.5 Å². The van der Waals surface area contributed by atoms with Crippen LogP contribution in [0.2, 0.25) is 0 Å². The van der Waals surface area contributed by atoms with E-state index >= 15 is 0 Å². The molecule has 0 fully saturated rings. The summed E-state index contributed by atoms with van der Waals surface area (Å²) >= 11 is 0. The van der Waals surface area contributed by atoms with Crippen LogP contribution in [0.25, 0.3) is 0 Å². The highest BCUT2D eigenvalue weighted by atomic mass is 19.1. The molecular weight excluding hydrogens is 220 g/mol. The van der Waals surface area contributed by atoms with E-state index < -0.39 is 17.0 Å². The fourth-order valence-corrected chi connectivity index (χ4v) is 2.26. The maximum Gasteiger partial charge on any atom is 0.126 e. The minimum Gasteiger partial charge on any atom is -0.207 e. The van der Waals surface area contributed by atoms with Gasteiger partial charge in [-0.3, -0.25) is 0 Å². The molecule has 0 aliphatic carbocycles. The molecule has 0 radical (unpaired) electrons. The third-order valence-corrected chi connectivity index (χ3v) is 3.70. The van der Waals surface area contributed by atoms with Crippen molar-refractivity contribution in [3.05, 3.63) is 35.4 Å². The Balaban J connectivity index is 3.19. The van der Waals surface area contributed by atoms with Crippen molar-refractivity contribution in [2.24, 2.45) is 5.41 Å². The van der Waals surface area contributed by atoms with Crippen LogP contribution in [0, 0.1) is 28.4 Å². The third-order valence-electron chi connectivity index (χ3n) is 3.70. The van der Waals surface area contributed by atoms with E-state index in [1.807, 2.05) is 20.8 Å². The van der Waals surface area contributed by atoms with Gasteiger partial charge in [-0.2, -0.15) is 5.26 Å². The number of rotatable bonds is 4. The smallest absolute Gasteiger partial charge is 0.126 e. The van der Waals surface area contributed by atoms with Gasteiger partial charge in [-0.05, 0) is 36.5 Å². The molecule has 92 valence electrons. The molecule has 0 aliphatic rings. The van der Waals surface area contributed by atoms with Crippen LogP contribution in [-0.4, -0.2) is 0 Å². The van der Waals surface area contributed by atoms with Crippen molar-refractivity contribution in [3.8, 4) is 6.07 Å². The van der Waals surface area contributed by atoms with Crippen LogP contribution in [0.15, 0.2) is 18.2 Å². The SMILES string of the molecule is CCC(C#N)(CC)[C@@H](C)c1cc(F)cc(F)c1. The minimum absolute atomic E-state index is 0.187. The molecule has 0 unspecified atom stereocenters. The lowest BCUT2D eigenvalue weighted by atomic mass is 9.70. The first kappa shape index (κ1) is 13.6. The highest BCUT2D eigenvalue weighted by Crippen LogP contribution is 2.41. The van der Waals surface area contributed by atoms with Gasteiger partial charge in [0, 0.05) is 6.07 Å². The maximum atomic E-state index is 13.2. The van der Waals surface area contributed by atoms with E-state index in [1.165, 1.54) is 12.1 Å². The van der Waals surface area contributed by atoms with Crippen LogP contribution in [0.3, 0.4) is 0 Å². The quantitative estimate of drug-likeness (QED) is 0.761. The predicted octanol–water partition coefficient (Wildman–Crippen LogP) is 4.40. The summed E-state index contributed by atoms with van der Waals surface area (Å²) in [6.45, 7) is 5.71. The van der Waals surface area contributed by atoms with Gasteiger partial charge >= 0.3 is 0 Å². The van der Waals surface area contributed by atoms with Gasteiger partial charge in [-0.1, -0.05) is 20.8 Å². The van der Waals surface area contributed by atoms with E-state index in [4.69, 9.17) is 0 Å². The number of halogens is 2. The Hall–Kier alpha value is -1.43. The van der Waals surface area contributed by atoms with Crippen LogP contribution in [0.1, 0.15) is 45.1 Å². The van der Waals surface area contributed by atoms with Crippen LogP contribution < -0.4 is 0 Å². The standard InChI is InChI=1S/C14H17F2N/c1-4-14(5-2,9-17)10(3)11-6-12(15)8-13(16)7-11/h6-8,10H,4-5H2,1-3H3/t10-/m0/s1. The zero-order valence-corrected chi connectivity index (χ0v) is 10.4. The highest BCUT2D eigenvalue weighted by Gasteiger charge is 2.34. The maximum absolute atomic E-state index is 13.2. The molecule has 0 amide bonds. The Morgan fingerprint density at radius 3 is 2.00 bits per heavy atom. The largest absolute Gasteiger partial charge is 0.207 e. The summed E-state index contributed by atoms with van der Waals surface area (Å²) in [7, 11) is 0. The predicted molar refractivity (Wildman–Crippen MR) is 63.4 cm³/mol. The van der Waals surface area contributed by atoms with E-state index in [2.05, 4.69) is 6.07 Å².